The second-order valence-electron chi connectivity index (χ2n) is 5.32. The molecule has 1 fully saturated rings. The lowest BCUT2D eigenvalue weighted by Crippen LogP contribution is -2.06. The van der Waals surface area contributed by atoms with Crippen LogP contribution in [-0.4, -0.2) is 20.8 Å². The maximum Gasteiger partial charge on any atom is 0.159 e. The first-order valence-electron chi connectivity index (χ1n) is 7.16. The van der Waals surface area contributed by atoms with E-state index in [-0.39, 0.29) is 0 Å². The van der Waals surface area contributed by atoms with Gasteiger partial charge in [0, 0.05) is 12.6 Å². The van der Waals surface area contributed by atoms with Crippen molar-refractivity contribution in [3.8, 4) is 0 Å². The van der Waals surface area contributed by atoms with Crippen molar-refractivity contribution in [3.05, 3.63) is 12.4 Å². The van der Waals surface area contributed by atoms with Gasteiger partial charge in [0.05, 0.1) is 29.2 Å². The number of aromatic nitrogens is 3. The Kier molecular flexibility index (Phi) is 3.27. The number of hydrogen-bond acceptors (Lipinski definition) is 4. The van der Waals surface area contributed by atoms with Crippen molar-refractivity contribution in [2.75, 3.05) is 11.1 Å². The van der Waals surface area contributed by atoms with E-state index < -0.39 is 0 Å². The van der Waals surface area contributed by atoms with Gasteiger partial charge in [-0.1, -0.05) is 19.8 Å². The van der Waals surface area contributed by atoms with Crippen LogP contribution < -0.4 is 11.1 Å². The van der Waals surface area contributed by atoms with E-state index in [2.05, 4.69) is 22.3 Å². The molecule has 102 valence electrons. The highest BCUT2D eigenvalue weighted by atomic mass is 15.3. The van der Waals surface area contributed by atoms with E-state index in [0.717, 1.165) is 35.4 Å². The summed E-state index contributed by atoms with van der Waals surface area (Å²) in [6.07, 6.45) is 9.70. The van der Waals surface area contributed by atoms with Gasteiger partial charge in [-0.15, -0.1) is 0 Å². The molecule has 0 saturated heterocycles. The zero-order chi connectivity index (χ0) is 13.2. The van der Waals surface area contributed by atoms with Gasteiger partial charge >= 0.3 is 0 Å². The number of nitrogens with one attached hydrogen (secondary N) is 1. The van der Waals surface area contributed by atoms with Gasteiger partial charge in [0.15, 0.2) is 5.65 Å². The molecule has 1 aliphatic rings. The highest BCUT2D eigenvalue weighted by Gasteiger charge is 2.22. The summed E-state index contributed by atoms with van der Waals surface area (Å²) < 4.78 is 1.96. The van der Waals surface area contributed by atoms with Crippen LogP contribution in [0.1, 0.15) is 39.0 Å². The van der Waals surface area contributed by atoms with Crippen LogP contribution in [0, 0.1) is 0 Å². The Labute approximate surface area is 113 Å². The van der Waals surface area contributed by atoms with Gasteiger partial charge < -0.3 is 11.1 Å². The summed E-state index contributed by atoms with van der Waals surface area (Å²) in [5.74, 6) is 0. The second-order valence-corrected chi connectivity index (χ2v) is 5.32. The summed E-state index contributed by atoms with van der Waals surface area (Å²) in [5, 5.41) is 8.78. The second kappa shape index (κ2) is 5.07. The molecule has 19 heavy (non-hydrogen) atoms. The van der Waals surface area contributed by atoms with Crippen LogP contribution in [0.4, 0.5) is 11.4 Å². The third kappa shape index (κ3) is 2.50. The highest BCUT2D eigenvalue weighted by Crippen LogP contribution is 2.31. The molecule has 0 aromatic carbocycles. The molecule has 0 aliphatic heterocycles. The van der Waals surface area contributed by atoms with Gasteiger partial charge in [-0.3, -0.25) is 0 Å². The number of unbranched alkanes of at least 4 members (excludes halogenated alkanes) is 2. The molecule has 2 aromatic rings. The molecule has 0 spiro atoms. The van der Waals surface area contributed by atoms with Crippen LogP contribution >= 0.6 is 0 Å². The Morgan fingerprint density at radius 3 is 2.95 bits per heavy atom. The summed E-state index contributed by atoms with van der Waals surface area (Å²) in [7, 11) is 0. The van der Waals surface area contributed by atoms with Gasteiger partial charge in [-0.2, -0.15) is 5.10 Å². The third-order valence-electron chi connectivity index (χ3n) is 3.62. The SMILES string of the molecule is CCCCCn1ncc2c(N)c(NC3CC3)cnc21. The van der Waals surface area contributed by atoms with E-state index in [4.69, 9.17) is 5.73 Å². The lowest BCUT2D eigenvalue weighted by Gasteiger charge is -2.09. The molecule has 5 nitrogen and oxygen atoms in total. The van der Waals surface area contributed by atoms with Gasteiger partial charge in [-0.25, -0.2) is 9.67 Å². The van der Waals surface area contributed by atoms with E-state index in [9.17, 15) is 0 Å². The zero-order valence-electron chi connectivity index (χ0n) is 11.4. The number of fused-ring (bicyclic) bond motifs is 1. The number of hydrogen-bond donors (Lipinski definition) is 2. The fraction of sp³-hybridized carbons (Fsp3) is 0.571. The van der Waals surface area contributed by atoms with Gasteiger partial charge in [0.25, 0.3) is 0 Å². The summed E-state index contributed by atoms with van der Waals surface area (Å²) >= 11 is 0. The van der Waals surface area contributed by atoms with Crippen LogP contribution in [0.25, 0.3) is 11.0 Å². The Bertz CT molecular complexity index is 570. The average molecular weight is 259 g/mol. The maximum absolute atomic E-state index is 6.21. The van der Waals surface area contributed by atoms with Gasteiger partial charge in [0.1, 0.15) is 0 Å². The Balaban J connectivity index is 1.85. The normalized spacial score (nSPS) is 15.0. The van der Waals surface area contributed by atoms with Crippen LogP contribution in [0.15, 0.2) is 12.4 Å². The van der Waals surface area contributed by atoms with Crippen molar-refractivity contribution >= 4 is 22.4 Å². The molecule has 0 radical (unpaired) electrons. The van der Waals surface area contributed by atoms with E-state index in [1.54, 1.807) is 0 Å². The van der Waals surface area contributed by atoms with Crippen molar-refractivity contribution < 1.29 is 0 Å². The van der Waals surface area contributed by atoms with Gasteiger partial charge in [-0.05, 0) is 19.3 Å². The molecular weight excluding hydrogens is 238 g/mol. The van der Waals surface area contributed by atoms with Crippen molar-refractivity contribution in [1.82, 2.24) is 14.8 Å². The molecule has 3 rings (SSSR count). The summed E-state index contributed by atoms with van der Waals surface area (Å²) in [6, 6.07) is 0.584. The number of nitrogens with zero attached hydrogens (tertiary/aromatic N) is 3. The first-order valence-corrected chi connectivity index (χ1v) is 7.16. The van der Waals surface area contributed by atoms with Crippen molar-refractivity contribution in [2.24, 2.45) is 0 Å². The lowest BCUT2D eigenvalue weighted by atomic mass is 10.2. The van der Waals surface area contributed by atoms with Crippen LogP contribution in [-0.2, 0) is 6.54 Å². The minimum absolute atomic E-state index is 0.584. The Morgan fingerprint density at radius 1 is 1.37 bits per heavy atom. The standard InChI is InChI=1S/C14H21N5/c1-2-3-4-7-19-14-11(8-17-19)13(15)12(9-16-14)18-10-5-6-10/h8-10,18H,2-7H2,1H3,(H2,15,16). The first kappa shape index (κ1) is 12.3. The van der Waals surface area contributed by atoms with Gasteiger partial charge in [0.2, 0.25) is 0 Å². The average Bonchev–Trinajstić information content (AvgIpc) is 3.13. The molecule has 3 N–H and O–H groups in total. The Morgan fingerprint density at radius 2 is 2.21 bits per heavy atom. The monoisotopic (exact) mass is 259 g/mol. The number of rotatable bonds is 6. The largest absolute Gasteiger partial charge is 0.396 e. The maximum atomic E-state index is 6.21. The smallest absolute Gasteiger partial charge is 0.159 e. The minimum atomic E-state index is 0.584. The first-order chi connectivity index (χ1) is 9.29. The van der Waals surface area contributed by atoms with Crippen LogP contribution in [0.2, 0.25) is 0 Å². The number of aryl methyl sites for hydroxylation is 1. The molecule has 1 saturated carbocycles. The van der Waals surface area contributed by atoms with E-state index in [1.165, 1.54) is 25.7 Å². The van der Waals surface area contributed by atoms with E-state index >= 15 is 0 Å². The number of nitrogen functional groups attached to an aromatic ring is 1. The minimum Gasteiger partial charge on any atom is -0.396 e. The fourth-order valence-electron chi connectivity index (χ4n) is 2.28. The summed E-state index contributed by atoms with van der Waals surface area (Å²) in [6.45, 7) is 3.12. The van der Waals surface area contributed by atoms with Crippen LogP contribution in [0.5, 0.6) is 0 Å². The molecule has 5 heteroatoms. The lowest BCUT2D eigenvalue weighted by molar-refractivity contribution is 0.564. The molecule has 0 amide bonds. The highest BCUT2D eigenvalue weighted by molar-refractivity contribution is 5.94. The molecule has 0 atom stereocenters. The summed E-state index contributed by atoms with van der Waals surface area (Å²) in [4.78, 5) is 4.52. The third-order valence-corrected chi connectivity index (χ3v) is 3.62. The van der Waals surface area contributed by atoms with Crippen molar-refractivity contribution in [2.45, 2.75) is 51.6 Å². The summed E-state index contributed by atoms with van der Waals surface area (Å²) in [5.41, 5.74) is 8.83. The molecule has 2 heterocycles. The zero-order valence-corrected chi connectivity index (χ0v) is 11.4. The topological polar surface area (TPSA) is 68.8 Å². The predicted octanol–water partition coefficient (Wildman–Crippen LogP) is 2.78. The molecule has 1 aliphatic carbocycles. The van der Waals surface area contributed by atoms with E-state index in [0.29, 0.717) is 6.04 Å². The Hall–Kier alpha value is -1.78. The van der Waals surface area contributed by atoms with E-state index in [1.807, 2.05) is 17.1 Å². The van der Waals surface area contributed by atoms with Crippen molar-refractivity contribution in [1.29, 1.82) is 0 Å². The van der Waals surface area contributed by atoms with Crippen LogP contribution in [0.3, 0.4) is 0 Å². The number of pyridine rings is 1. The number of nitrogens with two attached hydrogens (primary N) is 1. The predicted molar refractivity (Wildman–Crippen MR) is 78.1 cm³/mol. The number of anilines is 2. The quantitative estimate of drug-likeness (QED) is 0.783. The molecule has 0 unspecified atom stereocenters. The van der Waals surface area contributed by atoms with Crippen molar-refractivity contribution in [3.63, 3.8) is 0 Å². The molecular formula is C14H21N5. The molecule has 2 aromatic heterocycles. The molecule has 0 bridgehead atoms. The fourth-order valence-corrected chi connectivity index (χ4v) is 2.28.